The highest BCUT2D eigenvalue weighted by atomic mass is 35.5. The Labute approximate surface area is 189 Å². The molecule has 0 bridgehead atoms. The van der Waals surface area contributed by atoms with Crippen LogP contribution in [0.25, 0.3) is 5.57 Å². The van der Waals surface area contributed by atoms with Crippen LogP contribution in [0, 0.1) is 11.7 Å². The van der Waals surface area contributed by atoms with Gasteiger partial charge in [0.1, 0.15) is 11.6 Å². The van der Waals surface area contributed by atoms with Gasteiger partial charge in [-0.2, -0.15) is 0 Å². The lowest BCUT2D eigenvalue weighted by atomic mass is 9.79. The molecule has 2 aliphatic rings. The molecule has 1 fully saturated rings. The molecule has 1 amide bonds. The van der Waals surface area contributed by atoms with Crippen LogP contribution in [-0.4, -0.2) is 44.1 Å². The third-order valence-corrected chi connectivity index (χ3v) is 6.25. The van der Waals surface area contributed by atoms with Crippen molar-refractivity contribution in [2.24, 2.45) is 5.92 Å². The lowest BCUT2D eigenvalue weighted by Crippen LogP contribution is -2.39. The molecule has 0 aromatic heterocycles. The minimum absolute atomic E-state index is 0. The maximum absolute atomic E-state index is 13.0. The standard InChI is InChI=1S/C25H29FN2O2.ClH/c1-30-22-10-7-18-3-2-4-23(24(18)17-22)19-11-14-28(15-12-19)16-13-27-25(29)20-5-8-21(26)9-6-20;/h4-10,17,19H,2-3,11-16H2,1H3,(H,27,29);1H. The number of fused-ring (bicyclic) bond motifs is 1. The van der Waals surface area contributed by atoms with Crippen LogP contribution in [0.3, 0.4) is 0 Å². The molecule has 1 aliphatic heterocycles. The summed E-state index contributed by atoms with van der Waals surface area (Å²) in [4.78, 5) is 14.6. The fourth-order valence-electron chi connectivity index (χ4n) is 4.55. The van der Waals surface area contributed by atoms with Gasteiger partial charge in [0.25, 0.3) is 5.91 Å². The van der Waals surface area contributed by atoms with Crippen LogP contribution in [0.4, 0.5) is 4.39 Å². The summed E-state index contributed by atoms with van der Waals surface area (Å²) in [6.07, 6.45) is 6.91. The first-order valence-electron chi connectivity index (χ1n) is 10.8. The lowest BCUT2D eigenvalue weighted by Gasteiger charge is -2.34. The zero-order valence-electron chi connectivity index (χ0n) is 17.9. The van der Waals surface area contributed by atoms with Crippen molar-refractivity contribution in [1.29, 1.82) is 0 Å². The van der Waals surface area contributed by atoms with Crippen LogP contribution in [0.5, 0.6) is 5.75 Å². The summed E-state index contributed by atoms with van der Waals surface area (Å²) in [6.45, 7) is 3.51. The van der Waals surface area contributed by atoms with Gasteiger partial charge in [-0.3, -0.25) is 4.79 Å². The fraction of sp³-hybridized carbons (Fsp3) is 0.400. The molecule has 0 saturated carbocycles. The molecule has 0 atom stereocenters. The molecule has 2 aromatic carbocycles. The largest absolute Gasteiger partial charge is 0.497 e. The number of nitrogens with zero attached hydrogens (tertiary/aromatic N) is 1. The van der Waals surface area contributed by atoms with Crippen molar-refractivity contribution < 1.29 is 13.9 Å². The van der Waals surface area contributed by atoms with Crippen molar-refractivity contribution >= 4 is 23.9 Å². The van der Waals surface area contributed by atoms with Crippen LogP contribution in [0.1, 0.15) is 40.7 Å². The molecule has 0 spiro atoms. The Bertz CT molecular complexity index is 922. The summed E-state index contributed by atoms with van der Waals surface area (Å²) in [5.74, 6) is 1.03. The third-order valence-electron chi connectivity index (χ3n) is 6.25. The Kier molecular flexibility index (Phi) is 8.10. The Balaban J connectivity index is 0.00000272. The highest BCUT2D eigenvalue weighted by Crippen LogP contribution is 2.38. The molecule has 1 aliphatic carbocycles. The number of hydrogen-bond acceptors (Lipinski definition) is 3. The molecular formula is C25H30ClFN2O2. The first kappa shape index (κ1) is 23.3. The Morgan fingerprint density at radius 3 is 2.61 bits per heavy atom. The Hall–Kier alpha value is -2.37. The van der Waals surface area contributed by atoms with Gasteiger partial charge in [-0.05, 0) is 97.8 Å². The normalized spacial score (nSPS) is 16.6. The van der Waals surface area contributed by atoms with Crippen molar-refractivity contribution in [1.82, 2.24) is 10.2 Å². The third kappa shape index (κ3) is 5.66. The first-order chi connectivity index (χ1) is 14.6. The number of allylic oxidation sites excluding steroid dienone is 2. The number of benzene rings is 2. The molecule has 166 valence electrons. The van der Waals surface area contributed by atoms with Gasteiger partial charge in [-0.25, -0.2) is 4.39 Å². The number of ether oxygens (including phenoxy) is 1. The SMILES string of the molecule is COc1ccc2c(c1)C(C1CCN(CCNC(=O)c3ccc(F)cc3)CC1)=CCC2.Cl. The predicted molar refractivity (Wildman–Crippen MR) is 124 cm³/mol. The molecule has 1 N–H and O–H groups in total. The molecule has 4 nitrogen and oxygen atoms in total. The van der Waals surface area contributed by atoms with E-state index < -0.39 is 0 Å². The van der Waals surface area contributed by atoms with E-state index in [1.807, 2.05) is 0 Å². The Morgan fingerprint density at radius 1 is 1.16 bits per heavy atom. The van der Waals surface area contributed by atoms with E-state index in [1.54, 1.807) is 7.11 Å². The second-order valence-electron chi connectivity index (χ2n) is 8.10. The minimum Gasteiger partial charge on any atom is -0.497 e. The molecule has 0 unspecified atom stereocenters. The number of carbonyl (C=O) groups excluding carboxylic acids is 1. The monoisotopic (exact) mass is 444 g/mol. The highest BCUT2D eigenvalue weighted by molar-refractivity contribution is 5.94. The highest BCUT2D eigenvalue weighted by Gasteiger charge is 2.25. The molecular weight excluding hydrogens is 415 g/mol. The van der Waals surface area contributed by atoms with Crippen LogP contribution >= 0.6 is 12.4 Å². The summed E-state index contributed by atoms with van der Waals surface area (Å²) < 4.78 is 18.4. The summed E-state index contributed by atoms with van der Waals surface area (Å²) in [7, 11) is 1.72. The summed E-state index contributed by atoms with van der Waals surface area (Å²) in [6, 6.07) is 12.1. The van der Waals surface area contributed by atoms with E-state index in [0.29, 0.717) is 18.0 Å². The van der Waals surface area contributed by atoms with E-state index >= 15 is 0 Å². The van der Waals surface area contributed by atoms with Gasteiger partial charge in [0, 0.05) is 18.7 Å². The number of halogens is 2. The van der Waals surface area contributed by atoms with Gasteiger partial charge in [0.15, 0.2) is 0 Å². The average Bonchev–Trinajstić information content (AvgIpc) is 2.79. The average molecular weight is 445 g/mol. The van der Waals surface area contributed by atoms with Crippen molar-refractivity contribution in [2.45, 2.75) is 25.7 Å². The second-order valence-corrected chi connectivity index (χ2v) is 8.10. The van der Waals surface area contributed by atoms with Gasteiger partial charge < -0.3 is 15.0 Å². The van der Waals surface area contributed by atoms with Crippen LogP contribution in [0.15, 0.2) is 48.5 Å². The van der Waals surface area contributed by atoms with Crippen molar-refractivity contribution in [3.63, 3.8) is 0 Å². The summed E-state index contributed by atoms with van der Waals surface area (Å²) in [5, 5.41) is 2.94. The number of likely N-dealkylation sites (tertiary alicyclic amines) is 1. The lowest BCUT2D eigenvalue weighted by molar-refractivity contribution is 0.0945. The molecule has 1 heterocycles. The topological polar surface area (TPSA) is 41.6 Å². The van der Waals surface area contributed by atoms with Crippen LogP contribution in [0.2, 0.25) is 0 Å². The molecule has 31 heavy (non-hydrogen) atoms. The number of amides is 1. The Morgan fingerprint density at radius 2 is 1.90 bits per heavy atom. The number of methoxy groups -OCH3 is 1. The van der Waals surface area contributed by atoms with Crippen molar-refractivity contribution in [3.05, 3.63) is 71.0 Å². The van der Waals surface area contributed by atoms with Crippen molar-refractivity contribution in [2.75, 3.05) is 33.3 Å². The van der Waals surface area contributed by atoms with Crippen LogP contribution < -0.4 is 10.1 Å². The smallest absolute Gasteiger partial charge is 0.251 e. The van der Waals surface area contributed by atoms with E-state index in [9.17, 15) is 9.18 Å². The van der Waals surface area contributed by atoms with Crippen molar-refractivity contribution in [3.8, 4) is 5.75 Å². The molecule has 4 rings (SSSR count). The summed E-state index contributed by atoms with van der Waals surface area (Å²) >= 11 is 0. The van der Waals surface area contributed by atoms with Gasteiger partial charge >= 0.3 is 0 Å². The van der Waals surface area contributed by atoms with Gasteiger partial charge in [-0.1, -0.05) is 12.1 Å². The zero-order chi connectivity index (χ0) is 20.9. The molecule has 6 heteroatoms. The van der Waals surface area contributed by atoms with Gasteiger partial charge in [0.2, 0.25) is 0 Å². The minimum atomic E-state index is -0.330. The maximum Gasteiger partial charge on any atom is 0.251 e. The zero-order valence-corrected chi connectivity index (χ0v) is 18.7. The maximum atomic E-state index is 13.0. The second kappa shape index (κ2) is 10.8. The fourth-order valence-corrected chi connectivity index (χ4v) is 4.55. The number of aryl methyl sites for hydroxylation is 1. The molecule has 1 saturated heterocycles. The van der Waals surface area contributed by atoms with E-state index in [0.717, 1.165) is 51.1 Å². The number of rotatable bonds is 6. The number of nitrogens with one attached hydrogen (secondary N) is 1. The van der Waals surface area contributed by atoms with Gasteiger partial charge in [-0.15, -0.1) is 12.4 Å². The van der Waals surface area contributed by atoms with E-state index in [4.69, 9.17) is 4.74 Å². The van der Waals surface area contributed by atoms with Crippen LogP contribution in [-0.2, 0) is 6.42 Å². The number of carbonyl (C=O) groups is 1. The van der Waals surface area contributed by atoms with E-state index in [-0.39, 0.29) is 24.1 Å². The van der Waals surface area contributed by atoms with Gasteiger partial charge in [0.05, 0.1) is 7.11 Å². The molecule has 0 radical (unpaired) electrons. The first-order valence-corrected chi connectivity index (χ1v) is 10.8. The quantitative estimate of drug-likeness (QED) is 0.700. The molecule has 2 aromatic rings. The summed E-state index contributed by atoms with van der Waals surface area (Å²) in [5.41, 5.74) is 4.78. The number of hydrogen-bond donors (Lipinski definition) is 1. The van der Waals surface area contributed by atoms with E-state index in [1.165, 1.54) is 41.0 Å². The number of piperidine rings is 1. The predicted octanol–water partition coefficient (Wildman–Crippen LogP) is 4.73. The van der Waals surface area contributed by atoms with E-state index in [2.05, 4.69) is 34.5 Å².